The van der Waals surface area contributed by atoms with E-state index < -0.39 is 0 Å². The Morgan fingerprint density at radius 1 is 1.53 bits per heavy atom. The zero-order valence-corrected chi connectivity index (χ0v) is 10.5. The van der Waals surface area contributed by atoms with E-state index in [-0.39, 0.29) is 5.75 Å². The van der Waals surface area contributed by atoms with E-state index >= 15 is 0 Å². The molecule has 0 heterocycles. The summed E-state index contributed by atoms with van der Waals surface area (Å²) in [5, 5.41) is 18.5. The number of hydrogen-bond donors (Lipinski definition) is 1. The van der Waals surface area contributed by atoms with Gasteiger partial charge in [-0.3, -0.25) is 0 Å². The molecule has 0 aromatic heterocycles. The number of benzene rings is 1. The molecule has 1 rings (SSSR count). The standard InChI is InChI=1S/C15H19NO/c1-4-11(2)12(3)5-7-14-9-13(10-16)6-8-15(14)17/h6,8-9,12,17H,2,4-5,7H2,1,3H3. The fourth-order valence-electron chi connectivity index (χ4n) is 1.78. The Kier molecular flexibility index (Phi) is 4.78. The lowest BCUT2D eigenvalue weighted by Crippen LogP contribution is -2.00. The van der Waals surface area contributed by atoms with Gasteiger partial charge in [0.15, 0.2) is 0 Å². The Morgan fingerprint density at radius 3 is 2.82 bits per heavy atom. The highest BCUT2D eigenvalue weighted by Gasteiger charge is 2.08. The number of hydrogen-bond acceptors (Lipinski definition) is 2. The van der Waals surface area contributed by atoms with Crippen LogP contribution in [0.15, 0.2) is 30.4 Å². The van der Waals surface area contributed by atoms with Crippen LogP contribution in [0.4, 0.5) is 0 Å². The number of allylic oxidation sites excluding steroid dienone is 1. The van der Waals surface area contributed by atoms with Crippen LogP contribution in [0.2, 0.25) is 0 Å². The molecule has 17 heavy (non-hydrogen) atoms. The summed E-state index contributed by atoms with van der Waals surface area (Å²) in [6.45, 7) is 8.28. The average Bonchev–Trinajstić information content (AvgIpc) is 2.36. The third kappa shape index (κ3) is 3.64. The van der Waals surface area contributed by atoms with Crippen molar-refractivity contribution in [3.8, 4) is 11.8 Å². The second-order valence-electron chi connectivity index (χ2n) is 4.41. The first-order chi connectivity index (χ1) is 8.08. The first kappa shape index (κ1) is 13.3. The summed E-state index contributed by atoms with van der Waals surface area (Å²) in [5.41, 5.74) is 2.68. The third-order valence-corrected chi connectivity index (χ3v) is 3.21. The zero-order chi connectivity index (χ0) is 12.8. The van der Waals surface area contributed by atoms with Crippen LogP contribution < -0.4 is 0 Å². The molecule has 1 atom stereocenters. The maximum absolute atomic E-state index is 9.71. The van der Waals surface area contributed by atoms with Crippen molar-refractivity contribution < 1.29 is 5.11 Å². The van der Waals surface area contributed by atoms with Crippen molar-refractivity contribution >= 4 is 0 Å². The van der Waals surface area contributed by atoms with Gasteiger partial charge < -0.3 is 5.11 Å². The van der Waals surface area contributed by atoms with Gasteiger partial charge in [-0.05, 0) is 48.9 Å². The molecule has 0 spiro atoms. The molecule has 2 nitrogen and oxygen atoms in total. The number of nitriles is 1. The lowest BCUT2D eigenvalue weighted by molar-refractivity contribution is 0.464. The van der Waals surface area contributed by atoms with E-state index in [1.165, 1.54) is 5.57 Å². The van der Waals surface area contributed by atoms with Crippen LogP contribution in [-0.4, -0.2) is 5.11 Å². The van der Waals surface area contributed by atoms with E-state index in [2.05, 4.69) is 26.5 Å². The van der Waals surface area contributed by atoms with Gasteiger partial charge in [0.05, 0.1) is 11.6 Å². The number of phenols is 1. The SMILES string of the molecule is C=C(CC)C(C)CCc1cc(C#N)ccc1O. The molecule has 1 N–H and O–H groups in total. The highest BCUT2D eigenvalue weighted by Crippen LogP contribution is 2.24. The molecule has 0 amide bonds. The lowest BCUT2D eigenvalue weighted by Gasteiger charge is -2.13. The second kappa shape index (κ2) is 6.10. The maximum Gasteiger partial charge on any atom is 0.118 e. The van der Waals surface area contributed by atoms with E-state index in [0.717, 1.165) is 24.8 Å². The van der Waals surface area contributed by atoms with Crippen molar-refractivity contribution in [3.63, 3.8) is 0 Å². The minimum Gasteiger partial charge on any atom is -0.508 e. The fourth-order valence-corrected chi connectivity index (χ4v) is 1.78. The molecule has 0 aliphatic heterocycles. The van der Waals surface area contributed by atoms with Gasteiger partial charge in [-0.25, -0.2) is 0 Å². The first-order valence-corrected chi connectivity index (χ1v) is 5.98. The Labute approximate surface area is 103 Å². The molecule has 0 bridgehead atoms. The van der Waals surface area contributed by atoms with Crippen molar-refractivity contribution in [3.05, 3.63) is 41.5 Å². The summed E-state index contributed by atoms with van der Waals surface area (Å²) in [6, 6.07) is 7.07. The molecule has 0 aliphatic rings. The van der Waals surface area contributed by atoms with Gasteiger partial charge >= 0.3 is 0 Å². The molecule has 1 aromatic carbocycles. The van der Waals surface area contributed by atoms with Gasteiger partial charge in [0.25, 0.3) is 0 Å². The molecular weight excluding hydrogens is 210 g/mol. The molecule has 0 saturated heterocycles. The largest absolute Gasteiger partial charge is 0.508 e. The van der Waals surface area contributed by atoms with Crippen LogP contribution in [0.5, 0.6) is 5.75 Å². The molecule has 0 fully saturated rings. The molecule has 0 saturated carbocycles. The minimum atomic E-state index is 0.276. The predicted molar refractivity (Wildman–Crippen MR) is 69.7 cm³/mol. The van der Waals surface area contributed by atoms with Gasteiger partial charge in [0.2, 0.25) is 0 Å². The summed E-state index contributed by atoms with van der Waals surface area (Å²) in [4.78, 5) is 0. The maximum atomic E-state index is 9.71. The van der Waals surface area contributed by atoms with Gasteiger partial charge in [0.1, 0.15) is 5.75 Å². The number of aryl methyl sites for hydroxylation is 1. The summed E-state index contributed by atoms with van der Waals surface area (Å²) in [7, 11) is 0. The summed E-state index contributed by atoms with van der Waals surface area (Å²) in [5.74, 6) is 0.725. The minimum absolute atomic E-state index is 0.276. The quantitative estimate of drug-likeness (QED) is 0.780. The van der Waals surface area contributed by atoms with Crippen molar-refractivity contribution in [1.82, 2.24) is 0 Å². The highest BCUT2D eigenvalue weighted by molar-refractivity contribution is 5.41. The number of aromatic hydroxyl groups is 1. The van der Waals surface area contributed by atoms with Crippen molar-refractivity contribution in [2.75, 3.05) is 0 Å². The molecular formula is C15H19NO. The third-order valence-electron chi connectivity index (χ3n) is 3.21. The van der Waals surface area contributed by atoms with Crippen molar-refractivity contribution in [1.29, 1.82) is 5.26 Å². The number of phenolic OH excluding ortho intramolecular Hbond substituents is 1. The molecule has 0 radical (unpaired) electrons. The van der Waals surface area contributed by atoms with E-state index in [0.29, 0.717) is 11.5 Å². The van der Waals surface area contributed by atoms with Crippen LogP contribution >= 0.6 is 0 Å². The van der Waals surface area contributed by atoms with Gasteiger partial charge in [-0.2, -0.15) is 5.26 Å². The topological polar surface area (TPSA) is 44.0 Å². The smallest absolute Gasteiger partial charge is 0.118 e. The lowest BCUT2D eigenvalue weighted by atomic mass is 9.93. The normalized spacial score (nSPS) is 11.8. The number of nitrogens with zero attached hydrogens (tertiary/aromatic N) is 1. The Bertz CT molecular complexity index is 443. The Balaban J connectivity index is 2.69. The van der Waals surface area contributed by atoms with Crippen LogP contribution in [0.1, 0.15) is 37.8 Å². The van der Waals surface area contributed by atoms with Crippen LogP contribution in [0, 0.1) is 17.2 Å². The molecule has 90 valence electrons. The highest BCUT2D eigenvalue weighted by atomic mass is 16.3. The summed E-state index contributed by atoms with van der Waals surface area (Å²) < 4.78 is 0. The van der Waals surface area contributed by atoms with Crippen molar-refractivity contribution in [2.24, 2.45) is 5.92 Å². The van der Waals surface area contributed by atoms with Crippen LogP contribution in [-0.2, 0) is 6.42 Å². The molecule has 1 unspecified atom stereocenters. The molecule has 1 aromatic rings. The average molecular weight is 229 g/mol. The predicted octanol–water partition coefficient (Wildman–Crippen LogP) is 3.80. The second-order valence-corrected chi connectivity index (χ2v) is 4.41. The number of rotatable bonds is 5. The monoisotopic (exact) mass is 229 g/mol. The van der Waals surface area contributed by atoms with E-state index in [9.17, 15) is 5.11 Å². The van der Waals surface area contributed by atoms with Crippen molar-refractivity contribution in [2.45, 2.75) is 33.1 Å². The summed E-state index contributed by atoms with van der Waals surface area (Å²) in [6.07, 6.45) is 2.72. The van der Waals surface area contributed by atoms with E-state index in [1.54, 1.807) is 18.2 Å². The van der Waals surface area contributed by atoms with Gasteiger partial charge in [-0.15, -0.1) is 0 Å². The van der Waals surface area contributed by atoms with Crippen LogP contribution in [0.3, 0.4) is 0 Å². The summed E-state index contributed by atoms with van der Waals surface area (Å²) >= 11 is 0. The first-order valence-electron chi connectivity index (χ1n) is 5.98. The van der Waals surface area contributed by atoms with E-state index in [4.69, 9.17) is 5.26 Å². The fraction of sp³-hybridized carbons (Fsp3) is 0.400. The van der Waals surface area contributed by atoms with Gasteiger partial charge in [0, 0.05) is 0 Å². The Morgan fingerprint density at radius 2 is 2.24 bits per heavy atom. The molecule has 2 heteroatoms. The molecule has 0 aliphatic carbocycles. The zero-order valence-electron chi connectivity index (χ0n) is 10.5. The van der Waals surface area contributed by atoms with Crippen LogP contribution in [0.25, 0.3) is 0 Å². The van der Waals surface area contributed by atoms with E-state index in [1.807, 2.05) is 0 Å². The van der Waals surface area contributed by atoms with Gasteiger partial charge in [-0.1, -0.05) is 26.0 Å². The Hall–Kier alpha value is -1.75.